The Balaban J connectivity index is 2.94. The van der Waals surface area contributed by atoms with Crippen molar-refractivity contribution in [2.75, 3.05) is 5.75 Å². The number of rotatable bonds is 3. The maximum absolute atomic E-state index is 10.8. The third kappa shape index (κ3) is 3.74. The molecule has 1 nitrogen and oxygen atoms in total. The Hall–Kier alpha value is -1.02. The fourth-order valence-electron chi connectivity index (χ4n) is 1.83. The minimum Gasteiger partial charge on any atom is -0.288 e. The fraction of sp³-hybridized carbons (Fsp3) is 0.400. The molecule has 0 saturated heterocycles. The van der Waals surface area contributed by atoms with E-state index in [1.54, 1.807) is 6.92 Å². The second kappa shape index (κ2) is 6.06. The van der Waals surface area contributed by atoms with Gasteiger partial charge in [-0.05, 0) is 55.5 Å². The predicted octanol–water partition coefficient (Wildman–Crippen LogP) is 4.21. The summed E-state index contributed by atoms with van der Waals surface area (Å²) in [6.45, 7) is 10.2. The molecule has 0 saturated carbocycles. The van der Waals surface area contributed by atoms with E-state index in [0.717, 1.165) is 5.75 Å². The average Bonchev–Trinajstić information content (AvgIpc) is 2.25. The highest BCUT2D eigenvalue weighted by atomic mass is 32.2. The number of thioether (sulfide) groups is 1. The fourth-order valence-corrected chi connectivity index (χ4v) is 2.26. The largest absolute Gasteiger partial charge is 0.288 e. The van der Waals surface area contributed by atoms with Crippen molar-refractivity contribution >= 4 is 23.0 Å². The Kier molecular flexibility index (Phi) is 5.01. The van der Waals surface area contributed by atoms with Gasteiger partial charge in [-0.1, -0.05) is 30.0 Å². The molecular formula is C15H20OS. The van der Waals surface area contributed by atoms with Gasteiger partial charge in [0.25, 0.3) is 0 Å². The Morgan fingerprint density at radius 2 is 1.71 bits per heavy atom. The van der Waals surface area contributed by atoms with Crippen LogP contribution in [0.2, 0.25) is 0 Å². The third-order valence-electron chi connectivity index (χ3n) is 3.09. The Morgan fingerprint density at radius 1 is 1.18 bits per heavy atom. The van der Waals surface area contributed by atoms with Gasteiger partial charge in [0.2, 0.25) is 0 Å². The molecule has 0 amide bonds. The van der Waals surface area contributed by atoms with E-state index >= 15 is 0 Å². The summed E-state index contributed by atoms with van der Waals surface area (Å²) in [5, 5.41) is 0.170. The molecule has 0 radical (unpaired) electrons. The van der Waals surface area contributed by atoms with Crippen molar-refractivity contribution in [1.29, 1.82) is 0 Å². The van der Waals surface area contributed by atoms with E-state index in [-0.39, 0.29) is 5.12 Å². The lowest BCUT2D eigenvalue weighted by atomic mass is 9.94. The summed E-state index contributed by atoms with van der Waals surface area (Å²) in [7, 11) is 0. The molecule has 2 heteroatoms. The third-order valence-corrected chi connectivity index (χ3v) is 3.86. The molecule has 0 aliphatic rings. The molecule has 0 fully saturated rings. The summed E-state index contributed by atoms with van der Waals surface area (Å²) in [6.07, 6.45) is 4.21. The SMILES string of the molecule is CC(=O)SCC=Cc1c(C)c(C)cc(C)c1C. The van der Waals surface area contributed by atoms with Crippen molar-refractivity contribution in [3.05, 3.63) is 40.0 Å². The smallest absolute Gasteiger partial charge is 0.186 e. The van der Waals surface area contributed by atoms with Crippen molar-refractivity contribution in [2.45, 2.75) is 34.6 Å². The molecule has 0 spiro atoms. The summed E-state index contributed by atoms with van der Waals surface area (Å²) >= 11 is 1.34. The first-order valence-corrected chi connectivity index (χ1v) is 6.79. The summed E-state index contributed by atoms with van der Waals surface area (Å²) < 4.78 is 0. The predicted molar refractivity (Wildman–Crippen MR) is 77.6 cm³/mol. The first-order chi connectivity index (χ1) is 7.93. The van der Waals surface area contributed by atoms with E-state index in [2.05, 4.69) is 45.9 Å². The van der Waals surface area contributed by atoms with Crippen LogP contribution in [-0.4, -0.2) is 10.9 Å². The standard InChI is InChI=1S/C15H20OS/c1-10-9-11(2)13(4)15(12(10)3)7-6-8-17-14(5)16/h6-7,9H,8H2,1-5H3. The van der Waals surface area contributed by atoms with Gasteiger partial charge in [0, 0.05) is 12.7 Å². The van der Waals surface area contributed by atoms with Crippen molar-refractivity contribution < 1.29 is 4.79 Å². The van der Waals surface area contributed by atoms with Crippen molar-refractivity contribution in [3.63, 3.8) is 0 Å². The first-order valence-electron chi connectivity index (χ1n) is 5.80. The summed E-state index contributed by atoms with van der Waals surface area (Å²) in [4.78, 5) is 10.8. The molecule has 0 aliphatic heterocycles. The van der Waals surface area contributed by atoms with Crippen LogP contribution in [0.3, 0.4) is 0 Å². The normalized spacial score (nSPS) is 11.1. The molecule has 0 N–H and O–H groups in total. The highest BCUT2D eigenvalue weighted by Crippen LogP contribution is 2.23. The molecule has 0 aromatic heterocycles. The maximum Gasteiger partial charge on any atom is 0.186 e. The van der Waals surface area contributed by atoms with E-state index in [9.17, 15) is 4.79 Å². The van der Waals surface area contributed by atoms with Gasteiger partial charge < -0.3 is 0 Å². The minimum absolute atomic E-state index is 0.170. The van der Waals surface area contributed by atoms with Gasteiger partial charge in [0.05, 0.1) is 0 Å². The lowest BCUT2D eigenvalue weighted by molar-refractivity contribution is -0.109. The molecule has 0 bridgehead atoms. The number of carbonyl (C=O) groups excluding carboxylic acids is 1. The molecule has 1 aromatic rings. The van der Waals surface area contributed by atoms with Gasteiger partial charge >= 0.3 is 0 Å². The van der Waals surface area contributed by atoms with Crippen molar-refractivity contribution in [2.24, 2.45) is 0 Å². The van der Waals surface area contributed by atoms with Crippen LogP contribution >= 0.6 is 11.8 Å². The molecule has 17 heavy (non-hydrogen) atoms. The van der Waals surface area contributed by atoms with E-state index in [4.69, 9.17) is 0 Å². The van der Waals surface area contributed by atoms with Gasteiger partial charge in [0.15, 0.2) is 5.12 Å². The number of hydrogen-bond donors (Lipinski definition) is 0. The van der Waals surface area contributed by atoms with E-state index in [0.29, 0.717) is 0 Å². The first kappa shape index (κ1) is 14.0. The quantitative estimate of drug-likeness (QED) is 0.797. The number of benzene rings is 1. The van der Waals surface area contributed by atoms with Crippen molar-refractivity contribution in [1.82, 2.24) is 0 Å². The highest BCUT2D eigenvalue weighted by molar-refractivity contribution is 8.13. The number of carbonyl (C=O) groups is 1. The molecular weight excluding hydrogens is 228 g/mol. The Labute approximate surface area is 108 Å². The van der Waals surface area contributed by atoms with Crippen LogP contribution < -0.4 is 0 Å². The summed E-state index contributed by atoms with van der Waals surface area (Å²) in [6, 6.07) is 2.23. The van der Waals surface area contributed by atoms with Crippen LogP contribution in [0.4, 0.5) is 0 Å². The van der Waals surface area contributed by atoms with Crippen LogP contribution in [-0.2, 0) is 4.79 Å². The molecule has 1 rings (SSSR count). The lowest BCUT2D eigenvalue weighted by Gasteiger charge is -2.12. The summed E-state index contributed by atoms with van der Waals surface area (Å²) in [5.74, 6) is 0.751. The van der Waals surface area contributed by atoms with Crippen LogP contribution in [0, 0.1) is 27.7 Å². The van der Waals surface area contributed by atoms with Crippen molar-refractivity contribution in [3.8, 4) is 0 Å². The zero-order valence-electron chi connectivity index (χ0n) is 11.3. The van der Waals surface area contributed by atoms with Crippen LogP contribution in [0.25, 0.3) is 6.08 Å². The van der Waals surface area contributed by atoms with Crippen LogP contribution in [0.1, 0.15) is 34.7 Å². The van der Waals surface area contributed by atoms with E-state index in [1.165, 1.54) is 39.6 Å². The van der Waals surface area contributed by atoms with Gasteiger partial charge in [0.1, 0.15) is 0 Å². The molecule has 0 heterocycles. The lowest BCUT2D eigenvalue weighted by Crippen LogP contribution is -1.94. The van der Waals surface area contributed by atoms with Crippen LogP contribution in [0.5, 0.6) is 0 Å². The highest BCUT2D eigenvalue weighted by Gasteiger charge is 2.05. The minimum atomic E-state index is 0.170. The molecule has 1 aromatic carbocycles. The van der Waals surface area contributed by atoms with Gasteiger partial charge in [-0.25, -0.2) is 0 Å². The monoisotopic (exact) mass is 248 g/mol. The molecule has 0 unspecified atom stereocenters. The zero-order chi connectivity index (χ0) is 13.0. The van der Waals surface area contributed by atoms with Gasteiger partial charge in [-0.15, -0.1) is 0 Å². The second-order valence-electron chi connectivity index (χ2n) is 4.38. The van der Waals surface area contributed by atoms with Crippen LogP contribution in [0.15, 0.2) is 12.1 Å². The molecule has 92 valence electrons. The average molecular weight is 248 g/mol. The summed E-state index contributed by atoms with van der Waals surface area (Å²) in [5.41, 5.74) is 6.61. The van der Waals surface area contributed by atoms with Gasteiger partial charge in [-0.2, -0.15) is 0 Å². The maximum atomic E-state index is 10.8. The molecule has 0 aliphatic carbocycles. The van der Waals surface area contributed by atoms with Gasteiger partial charge in [-0.3, -0.25) is 4.79 Å². The Bertz CT molecular complexity index is 432. The number of hydrogen-bond acceptors (Lipinski definition) is 2. The van der Waals surface area contributed by atoms with E-state index in [1.807, 2.05) is 0 Å². The topological polar surface area (TPSA) is 17.1 Å². The van der Waals surface area contributed by atoms with E-state index < -0.39 is 0 Å². The molecule has 0 atom stereocenters. The second-order valence-corrected chi connectivity index (χ2v) is 5.58. The Morgan fingerprint density at radius 3 is 2.18 bits per heavy atom. The number of aryl methyl sites for hydroxylation is 2. The zero-order valence-corrected chi connectivity index (χ0v) is 12.1.